The third-order valence-electron chi connectivity index (χ3n) is 7.50. The fraction of sp³-hybridized carbons (Fsp3) is 0.525. The topological polar surface area (TPSA) is 94.6 Å². The Morgan fingerprint density at radius 2 is 1.22 bits per heavy atom. The summed E-state index contributed by atoms with van der Waals surface area (Å²) in [6.07, 6.45) is 10.5. The van der Waals surface area contributed by atoms with Crippen LogP contribution in [-0.2, 0) is 30.3 Å². The third-order valence-corrected chi connectivity index (χ3v) is 7.50. The summed E-state index contributed by atoms with van der Waals surface area (Å²) in [5, 5.41) is 0. The number of benzene rings is 1. The molecule has 6 heteroatoms. The van der Waals surface area contributed by atoms with Crippen LogP contribution in [0.15, 0.2) is 73.4 Å². The average molecular weight is 635 g/mol. The van der Waals surface area contributed by atoms with Crippen molar-refractivity contribution in [2.24, 2.45) is 5.41 Å². The first-order valence-electron chi connectivity index (χ1n) is 16.6. The van der Waals surface area contributed by atoms with E-state index in [1.54, 1.807) is 19.9 Å². The number of rotatable bonds is 24. The highest BCUT2D eigenvalue weighted by Gasteiger charge is 2.29. The summed E-state index contributed by atoms with van der Waals surface area (Å²) in [4.78, 5) is 60.5. The van der Waals surface area contributed by atoms with Gasteiger partial charge in [0, 0.05) is 43.1 Å². The van der Waals surface area contributed by atoms with E-state index < -0.39 is 5.41 Å². The maximum Gasteiger partial charge on any atom is 0.306 e. The van der Waals surface area contributed by atoms with Gasteiger partial charge in [0.1, 0.15) is 5.78 Å². The molecule has 0 aliphatic heterocycles. The van der Waals surface area contributed by atoms with Crippen LogP contribution in [0.2, 0.25) is 0 Å². The fourth-order valence-corrected chi connectivity index (χ4v) is 4.76. The van der Waals surface area contributed by atoms with Gasteiger partial charge in [0.25, 0.3) is 0 Å². The minimum absolute atomic E-state index is 0.0236. The number of aryl methyl sites for hydroxylation is 1. The molecule has 254 valence electrons. The lowest BCUT2D eigenvalue weighted by molar-refractivity contribution is -0.144. The van der Waals surface area contributed by atoms with Crippen molar-refractivity contribution >= 4 is 29.1 Å². The van der Waals surface area contributed by atoms with E-state index >= 15 is 0 Å². The molecule has 1 rings (SSSR count). The maximum absolute atomic E-state index is 13.2. The molecule has 0 bridgehead atoms. The van der Waals surface area contributed by atoms with Gasteiger partial charge in [-0.25, -0.2) is 0 Å². The number of carbonyl (C=O) groups excluding carboxylic acids is 5. The number of carbonyl (C=O) groups is 5. The van der Waals surface area contributed by atoms with Gasteiger partial charge in [0.2, 0.25) is 0 Å². The summed E-state index contributed by atoms with van der Waals surface area (Å²) >= 11 is 0. The fourth-order valence-electron chi connectivity index (χ4n) is 4.76. The molecule has 0 heterocycles. The normalized spacial score (nSPS) is 10.6. The zero-order valence-corrected chi connectivity index (χ0v) is 29.3. The monoisotopic (exact) mass is 634 g/mol. The number of esters is 1. The van der Waals surface area contributed by atoms with E-state index in [4.69, 9.17) is 4.74 Å². The molecule has 0 aliphatic carbocycles. The highest BCUT2D eigenvalue weighted by Crippen LogP contribution is 2.31. The molecule has 1 aromatic rings. The predicted molar refractivity (Wildman–Crippen MR) is 189 cm³/mol. The van der Waals surface area contributed by atoms with E-state index in [2.05, 4.69) is 26.3 Å². The van der Waals surface area contributed by atoms with E-state index in [0.29, 0.717) is 61.7 Å². The van der Waals surface area contributed by atoms with Gasteiger partial charge in [0.05, 0.1) is 6.61 Å². The van der Waals surface area contributed by atoms with E-state index in [0.717, 1.165) is 49.7 Å². The average Bonchev–Trinajstić information content (AvgIpc) is 3.00. The Bertz CT molecular complexity index is 1200. The second-order valence-electron chi connectivity index (χ2n) is 12.8. The van der Waals surface area contributed by atoms with Crippen molar-refractivity contribution < 1.29 is 28.7 Å². The van der Waals surface area contributed by atoms with Crippen LogP contribution in [0.3, 0.4) is 0 Å². The summed E-state index contributed by atoms with van der Waals surface area (Å²) in [5.74, 6) is 0.0180. The summed E-state index contributed by atoms with van der Waals surface area (Å²) in [6, 6.07) is 7.74. The van der Waals surface area contributed by atoms with Crippen molar-refractivity contribution in [3.8, 4) is 0 Å². The Morgan fingerprint density at radius 3 is 1.76 bits per heavy atom. The second kappa shape index (κ2) is 23.6. The highest BCUT2D eigenvalue weighted by molar-refractivity contribution is 6.00. The van der Waals surface area contributed by atoms with Crippen LogP contribution >= 0.6 is 0 Å². The van der Waals surface area contributed by atoms with Crippen LogP contribution in [0.1, 0.15) is 134 Å². The summed E-state index contributed by atoms with van der Waals surface area (Å²) in [5.41, 5.74) is 3.06. The Hall–Kier alpha value is -3.67. The van der Waals surface area contributed by atoms with Crippen LogP contribution in [0, 0.1) is 5.41 Å². The summed E-state index contributed by atoms with van der Waals surface area (Å²) in [6.45, 7) is 24.0. The molecular weight excluding hydrogens is 576 g/mol. The molecule has 0 amide bonds. The van der Waals surface area contributed by atoms with Crippen molar-refractivity contribution in [3.05, 3.63) is 84.5 Å². The van der Waals surface area contributed by atoms with Crippen molar-refractivity contribution in [2.75, 3.05) is 6.61 Å². The Kier molecular flexibility index (Phi) is 21.8. The standard InChI is InChI=1S/C37H52O6.C3H6/c1-27(2)33(39)17-12-11-16-32(38)15-10-8-9-14-30-20-22-31(23-21-30)36(42)37(6,7)26-29(5)19-24-35(41)43-25-13-18-34(40)28(3)4;1-3-2/h20-23H,1,3,5,8-19,24-26H2,2,4,6-7H3;3H,1H2,2H3. The molecule has 0 N–H and O–H groups in total. The van der Waals surface area contributed by atoms with Crippen LogP contribution in [-0.4, -0.2) is 35.7 Å². The van der Waals surface area contributed by atoms with Gasteiger partial charge in [-0.3, -0.25) is 24.0 Å². The number of hydrogen-bond donors (Lipinski definition) is 0. The van der Waals surface area contributed by atoms with Crippen molar-refractivity contribution in [1.29, 1.82) is 0 Å². The maximum atomic E-state index is 13.2. The quantitative estimate of drug-likeness (QED) is 0.0369. The van der Waals surface area contributed by atoms with Gasteiger partial charge < -0.3 is 4.74 Å². The number of hydrogen-bond acceptors (Lipinski definition) is 6. The number of unbranched alkanes of at least 4 members (excludes halogenated alkanes) is 3. The zero-order valence-electron chi connectivity index (χ0n) is 29.3. The first-order valence-corrected chi connectivity index (χ1v) is 16.6. The lowest BCUT2D eigenvalue weighted by atomic mass is 9.78. The van der Waals surface area contributed by atoms with Crippen LogP contribution in [0.25, 0.3) is 0 Å². The number of Topliss-reactive ketones (excluding diaryl/α,β-unsaturated/α-hetero) is 4. The second-order valence-corrected chi connectivity index (χ2v) is 12.8. The minimum atomic E-state index is -0.655. The number of ether oxygens (including phenoxy) is 1. The molecule has 0 aliphatic rings. The number of allylic oxidation sites excluding steroid dienone is 4. The van der Waals surface area contributed by atoms with Crippen molar-refractivity contribution in [2.45, 2.75) is 125 Å². The molecular formula is C40H58O6. The van der Waals surface area contributed by atoms with Gasteiger partial charge in [-0.2, -0.15) is 0 Å². The Morgan fingerprint density at radius 1 is 0.717 bits per heavy atom. The van der Waals surface area contributed by atoms with Crippen molar-refractivity contribution in [1.82, 2.24) is 0 Å². The van der Waals surface area contributed by atoms with E-state index in [1.807, 2.05) is 45.0 Å². The first-order chi connectivity index (χ1) is 21.6. The first kappa shape index (κ1) is 42.3. The van der Waals surface area contributed by atoms with Gasteiger partial charge in [-0.1, -0.05) is 75.9 Å². The van der Waals surface area contributed by atoms with E-state index in [-0.39, 0.29) is 42.1 Å². The molecule has 0 spiro atoms. The molecule has 1 aromatic carbocycles. The minimum Gasteiger partial charge on any atom is -0.466 e. The molecule has 0 saturated heterocycles. The molecule has 0 radical (unpaired) electrons. The third kappa shape index (κ3) is 19.7. The largest absolute Gasteiger partial charge is 0.466 e. The van der Waals surface area contributed by atoms with E-state index in [1.165, 1.54) is 0 Å². The van der Waals surface area contributed by atoms with Gasteiger partial charge >= 0.3 is 5.97 Å². The molecule has 0 saturated carbocycles. The molecule has 0 fully saturated rings. The Balaban J connectivity index is 0.00000647. The van der Waals surface area contributed by atoms with Gasteiger partial charge in [0.15, 0.2) is 17.3 Å². The lowest BCUT2D eigenvalue weighted by Gasteiger charge is -2.24. The summed E-state index contributed by atoms with van der Waals surface area (Å²) in [7, 11) is 0. The smallest absolute Gasteiger partial charge is 0.306 e. The van der Waals surface area contributed by atoms with Crippen LogP contribution in [0.4, 0.5) is 0 Å². The summed E-state index contributed by atoms with van der Waals surface area (Å²) < 4.78 is 5.21. The molecule has 0 unspecified atom stereocenters. The molecule has 46 heavy (non-hydrogen) atoms. The highest BCUT2D eigenvalue weighted by atomic mass is 16.5. The Labute approximate surface area is 278 Å². The van der Waals surface area contributed by atoms with E-state index in [9.17, 15) is 24.0 Å². The van der Waals surface area contributed by atoms with Crippen molar-refractivity contribution in [3.63, 3.8) is 0 Å². The lowest BCUT2D eigenvalue weighted by Crippen LogP contribution is -2.25. The van der Waals surface area contributed by atoms with Crippen LogP contribution in [0.5, 0.6) is 0 Å². The SMILES string of the molecule is C=C(CCC(=O)OCCCC(=O)C(=C)C)CC(C)(C)C(=O)c1ccc(CCCCCC(=O)CCCCC(=O)C(=C)C)cc1.C=CC. The van der Waals surface area contributed by atoms with Crippen LogP contribution < -0.4 is 0 Å². The predicted octanol–water partition coefficient (Wildman–Crippen LogP) is 9.66. The zero-order chi connectivity index (χ0) is 35.1. The van der Waals surface area contributed by atoms with Gasteiger partial charge in [-0.05, 0) is 88.8 Å². The number of ketones is 4. The molecule has 6 nitrogen and oxygen atoms in total. The molecule has 0 atom stereocenters. The molecule has 0 aromatic heterocycles. The van der Waals surface area contributed by atoms with Gasteiger partial charge in [-0.15, -0.1) is 6.58 Å².